The molecule has 0 aliphatic heterocycles. The van der Waals surface area contributed by atoms with E-state index in [0.717, 1.165) is 43.0 Å². The molecule has 1 aliphatic rings. The van der Waals surface area contributed by atoms with Crippen molar-refractivity contribution in [2.45, 2.75) is 50.6 Å². The molecule has 2 aromatic rings. The van der Waals surface area contributed by atoms with Gasteiger partial charge in [-0.3, -0.25) is 25.1 Å². The van der Waals surface area contributed by atoms with Crippen LogP contribution in [0, 0.1) is 30.0 Å². The Morgan fingerprint density at radius 2 is 1.98 bits per heavy atom. The molecule has 6 N–H and O–H groups in total. The standard InChI is InChI=1S/C15H16FN3O2S.C13H25N3O2/c1-8-13(20)14(21)11(7-19-8)15(18)22-12(17)6-9-2-4-10(16)5-3-9;1-10-8-13(14-2,16(5)9-17)7-6-11(10)12(18)15(3)4/h2-5,7,12,18,20H,6,17H2,1H3,(H,19,21);9-11,14H,6-8H2,1-5H3/t;10?,11-,13?/m.0/s1. The van der Waals surface area contributed by atoms with Gasteiger partial charge >= 0.3 is 0 Å². The van der Waals surface area contributed by atoms with Crippen LogP contribution < -0.4 is 16.5 Å². The Bertz CT molecular complexity index is 1240. The van der Waals surface area contributed by atoms with Gasteiger partial charge in [-0.2, -0.15) is 0 Å². The van der Waals surface area contributed by atoms with Crippen molar-refractivity contribution in [2.75, 3.05) is 28.2 Å². The summed E-state index contributed by atoms with van der Waals surface area (Å²) in [6.45, 7) is 3.66. The van der Waals surface area contributed by atoms with Gasteiger partial charge in [0.15, 0.2) is 5.75 Å². The highest BCUT2D eigenvalue weighted by atomic mass is 32.2. The van der Waals surface area contributed by atoms with Gasteiger partial charge in [0, 0.05) is 33.3 Å². The minimum absolute atomic E-state index is 0.0221. The molecular weight excluding hydrogens is 535 g/mol. The van der Waals surface area contributed by atoms with E-state index in [0.29, 0.717) is 12.1 Å². The fraction of sp³-hybridized carbons (Fsp3) is 0.500. The first kappa shape index (κ1) is 33.0. The van der Waals surface area contributed by atoms with Crippen LogP contribution >= 0.6 is 11.8 Å². The third-order valence-electron chi connectivity index (χ3n) is 7.38. The molecule has 0 spiro atoms. The number of thioether (sulfide) groups is 1. The fourth-order valence-corrected chi connectivity index (χ4v) is 5.73. The number of aromatic hydroxyl groups is 1. The molecule has 0 saturated heterocycles. The Balaban J connectivity index is 0.000000286. The first-order valence-electron chi connectivity index (χ1n) is 13.0. The number of carbonyl (C=O) groups excluding carboxylic acids is 2. The number of aromatic amines is 1. The van der Waals surface area contributed by atoms with Crippen LogP contribution in [-0.2, 0) is 16.0 Å². The summed E-state index contributed by atoms with van der Waals surface area (Å²) < 4.78 is 12.8. The molecule has 0 radical (unpaired) electrons. The monoisotopic (exact) mass is 576 g/mol. The Morgan fingerprint density at radius 1 is 1.35 bits per heavy atom. The van der Waals surface area contributed by atoms with Gasteiger partial charge in [-0.15, -0.1) is 0 Å². The Labute approximate surface area is 239 Å². The summed E-state index contributed by atoms with van der Waals surface area (Å²) in [7, 11) is 7.27. The summed E-state index contributed by atoms with van der Waals surface area (Å²) in [5.41, 5.74) is 6.32. The van der Waals surface area contributed by atoms with Gasteiger partial charge in [0.25, 0.3) is 0 Å². The number of carbonyl (C=O) groups is 2. The Kier molecular flexibility index (Phi) is 11.9. The third kappa shape index (κ3) is 8.15. The van der Waals surface area contributed by atoms with Gasteiger partial charge < -0.3 is 25.6 Å². The van der Waals surface area contributed by atoms with Crippen LogP contribution in [0.2, 0.25) is 0 Å². The van der Waals surface area contributed by atoms with E-state index in [9.17, 15) is 23.9 Å². The lowest BCUT2D eigenvalue weighted by Gasteiger charge is -2.47. The molecule has 1 aromatic carbocycles. The minimum Gasteiger partial charge on any atom is -0.503 e. The molecular formula is C28H41FN6O4S. The number of H-pyrrole nitrogens is 1. The minimum atomic E-state index is -0.595. The zero-order valence-corrected chi connectivity index (χ0v) is 24.8. The van der Waals surface area contributed by atoms with Crippen molar-refractivity contribution >= 4 is 29.1 Å². The highest BCUT2D eigenvalue weighted by molar-refractivity contribution is 8.14. The number of nitrogens with one attached hydrogen (secondary N) is 3. The number of aryl methyl sites for hydroxylation is 1. The van der Waals surface area contributed by atoms with E-state index >= 15 is 0 Å². The smallest absolute Gasteiger partial charge is 0.233 e. The fourth-order valence-electron chi connectivity index (χ4n) is 4.87. The van der Waals surface area contributed by atoms with Crippen molar-refractivity contribution in [2.24, 2.45) is 17.6 Å². The van der Waals surface area contributed by atoms with Crippen molar-refractivity contribution in [3.63, 3.8) is 0 Å². The number of amides is 2. The van der Waals surface area contributed by atoms with Crippen LogP contribution in [-0.4, -0.2) is 76.5 Å². The third-order valence-corrected chi connectivity index (χ3v) is 8.31. The van der Waals surface area contributed by atoms with E-state index in [1.54, 1.807) is 50.0 Å². The van der Waals surface area contributed by atoms with Crippen molar-refractivity contribution in [3.05, 3.63) is 63.3 Å². The van der Waals surface area contributed by atoms with Gasteiger partial charge in [-0.25, -0.2) is 4.39 Å². The normalized spacial score (nSPS) is 21.0. The van der Waals surface area contributed by atoms with Crippen molar-refractivity contribution in [1.29, 1.82) is 5.41 Å². The number of rotatable bonds is 8. The summed E-state index contributed by atoms with van der Waals surface area (Å²) in [5.74, 6) is -0.180. The summed E-state index contributed by atoms with van der Waals surface area (Å²) in [5, 5.41) is 20.4. The summed E-state index contributed by atoms with van der Waals surface area (Å²) in [6.07, 6.45) is 5.12. The maximum Gasteiger partial charge on any atom is 0.233 e. The van der Waals surface area contributed by atoms with Crippen LogP contribution in [0.4, 0.5) is 4.39 Å². The summed E-state index contributed by atoms with van der Waals surface area (Å²) >= 11 is 1.02. The molecule has 12 heteroatoms. The maximum atomic E-state index is 12.8. The van der Waals surface area contributed by atoms with E-state index in [1.807, 2.05) is 7.05 Å². The van der Waals surface area contributed by atoms with E-state index < -0.39 is 16.6 Å². The van der Waals surface area contributed by atoms with Crippen LogP contribution in [0.25, 0.3) is 0 Å². The van der Waals surface area contributed by atoms with E-state index in [2.05, 4.69) is 17.2 Å². The number of hydrogen-bond acceptors (Lipinski definition) is 8. The Morgan fingerprint density at radius 3 is 2.50 bits per heavy atom. The Hall–Kier alpha value is -3.22. The average Bonchev–Trinajstić information content (AvgIpc) is 2.92. The van der Waals surface area contributed by atoms with Crippen LogP contribution in [0.15, 0.2) is 35.3 Å². The number of aromatic nitrogens is 1. The zero-order valence-electron chi connectivity index (χ0n) is 24.0. The molecule has 0 bridgehead atoms. The molecule has 1 aromatic heterocycles. The van der Waals surface area contributed by atoms with Crippen LogP contribution in [0.3, 0.4) is 0 Å². The van der Waals surface area contributed by atoms with E-state index in [1.165, 1.54) is 18.3 Å². The van der Waals surface area contributed by atoms with E-state index in [-0.39, 0.29) is 39.8 Å². The number of hydrogen-bond donors (Lipinski definition) is 5. The molecule has 1 aliphatic carbocycles. The van der Waals surface area contributed by atoms with Gasteiger partial charge in [0.05, 0.1) is 22.3 Å². The predicted molar refractivity (Wildman–Crippen MR) is 157 cm³/mol. The van der Waals surface area contributed by atoms with Gasteiger partial charge in [-0.1, -0.05) is 30.8 Å². The summed E-state index contributed by atoms with van der Waals surface area (Å²) in [4.78, 5) is 41.1. The molecule has 40 heavy (non-hydrogen) atoms. The number of nitrogens with two attached hydrogens (primary N) is 1. The lowest BCUT2D eigenvalue weighted by molar-refractivity contribution is -0.139. The number of benzene rings is 1. The van der Waals surface area contributed by atoms with Crippen molar-refractivity contribution in [1.82, 2.24) is 20.1 Å². The van der Waals surface area contributed by atoms with Crippen LogP contribution in [0.5, 0.6) is 5.75 Å². The molecule has 3 rings (SSSR count). The first-order chi connectivity index (χ1) is 18.8. The molecule has 1 fully saturated rings. The van der Waals surface area contributed by atoms with Crippen LogP contribution in [0.1, 0.15) is 43.0 Å². The second-order valence-corrected chi connectivity index (χ2v) is 11.6. The number of halogens is 1. The second-order valence-electron chi connectivity index (χ2n) is 10.4. The van der Waals surface area contributed by atoms with Crippen molar-refractivity contribution in [3.8, 4) is 5.75 Å². The van der Waals surface area contributed by atoms with Gasteiger partial charge in [-0.05, 0) is 63.3 Å². The predicted octanol–water partition coefficient (Wildman–Crippen LogP) is 2.63. The topological polar surface area (TPSA) is 156 Å². The molecule has 2 amide bonds. The number of pyridine rings is 1. The highest BCUT2D eigenvalue weighted by Crippen LogP contribution is 2.38. The largest absolute Gasteiger partial charge is 0.503 e. The summed E-state index contributed by atoms with van der Waals surface area (Å²) in [6, 6.07) is 5.95. The zero-order chi connectivity index (χ0) is 30.2. The maximum absolute atomic E-state index is 12.8. The molecule has 1 saturated carbocycles. The molecule has 3 unspecified atom stereocenters. The highest BCUT2D eigenvalue weighted by Gasteiger charge is 2.43. The SMILES string of the molecule is CNC1(N(C)C=O)CC[C@H](C(=O)N(C)C)C(C)C1.Cc1[nH]cc(C(=N)SC(N)Cc2ccc(F)cc2)c(=O)c1O. The molecule has 10 nitrogen and oxygen atoms in total. The average molecular weight is 577 g/mol. The first-order valence-corrected chi connectivity index (χ1v) is 13.9. The number of nitrogens with zero attached hydrogens (tertiary/aromatic N) is 2. The van der Waals surface area contributed by atoms with Gasteiger partial charge in [0.2, 0.25) is 17.7 Å². The molecule has 1 heterocycles. The lowest BCUT2D eigenvalue weighted by atomic mass is 9.73. The van der Waals surface area contributed by atoms with E-state index in [4.69, 9.17) is 11.1 Å². The van der Waals surface area contributed by atoms with Crippen molar-refractivity contribution < 1.29 is 19.1 Å². The van der Waals surface area contributed by atoms with Gasteiger partial charge in [0.1, 0.15) is 10.9 Å². The quantitative estimate of drug-likeness (QED) is 0.140. The second kappa shape index (κ2) is 14.4. The molecule has 4 atom stereocenters. The molecule has 220 valence electrons. The lowest BCUT2D eigenvalue weighted by Crippen LogP contribution is -2.59.